The third-order valence-electron chi connectivity index (χ3n) is 4.74. The third kappa shape index (κ3) is 2.82. The Bertz CT molecular complexity index is 558. The molecule has 3 rings (SSSR count). The number of rotatable bonds is 1. The van der Waals surface area contributed by atoms with Crippen LogP contribution in [-0.2, 0) is 6.18 Å². The highest BCUT2D eigenvalue weighted by molar-refractivity contribution is 5.94. The Morgan fingerprint density at radius 1 is 1.27 bits per heavy atom. The molecule has 2 aliphatic rings. The van der Waals surface area contributed by atoms with E-state index in [1.54, 1.807) is 4.90 Å². The molecular weight excluding hydrogens is 295 g/mol. The highest BCUT2D eigenvalue weighted by Gasteiger charge is 2.40. The van der Waals surface area contributed by atoms with Crippen molar-refractivity contribution in [1.29, 1.82) is 0 Å². The maximum absolute atomic E-state index is 12.5. The predicted molar refractivity (Wildman–Crippen MR) is 73.9 cm³/mol. The minimum absolute atomic E-state index is 0.113. The van der Waals surface area contributed by atoms with Crippen molar-refractivity contribution in [2.75, 3.05) is 13.1 Å². The zero-order chi connectivity index (χ0) is 15.9. The van der Waals surface area contributed by atoms with Gasteiger partial charge in [-0.15, -0.1) is 0 Å². The molecule has 120 valence electrons. The summed E-state index contributed by atoms with van der Waals surface area (Å²) in [6.45, 7) is 1.23. The lowest BCUT2D eigenvalue weighted by atomic mass is 9.78. The van der Waals surface area contributed by atoms with Crippen molar-refractivity contribution in [3.05, 3.63) is 29.6 Å². The molecule has 0 aromatic carbocycles. The zero-order valence-electron chi connectivity index (χ0n) is 12.0. The van der Waals surface area contributed by atoms with E-state index in [0.29, 0.717) is 24.9 Å². The first kappa shape index (κ1) is 15.3. The maximum Gasteiger partial charge on any atom is 0.433 e. The Balaban J connectivity index is 1.72. The summed E-state index contributed by atoms with van der Waals surface area (Å²) in [6.07, 6.45) is -0.366. The summed E-state index contributed by atoms with van der Waals surface area (Å²) in [5.74, 6) is 0.457. The average Bonchev–Trinajstić information content (AvgIpc) is 2.91. The number of amides is 1. The SMILES string of the molecule is NC1CCCC2CN(C(=O)c3ccc(C(F)(F)F)nc3)CC12. The van der Waals surface area contributed by atoms with E-state index in [1.807, 2.05) is 0 Å². The van der Waals surface area contributed by atoms with Crippen LogP contribution in [0.2, 0.25) is 0 Å². The minimum atomic E-state index is -4.49. The molecule has 1 aliphatic carbocycles. The first-order valence-corrected chi connectivity index (χ1v) is 7.44. The lowest BCUT2D eigenvalue weighted by Crippen LogP contribution is -2.38. The maximum atomic E-state index is 12.5. The smallest absolute Gasteiger partial charge is 0.338 e. The molecule has 3 atom stereocenters. The highest BCUT2D eigenvalue weighted by Crippen LogP contribution is 2.36. The number of alkyl halides is 3. The van der Waals surface area contributed by atoms with Gasteiger partial charge in [-0.25, -0.2) is 0 Å². The van der Waals surface area contributed by atoms with Gasteiger partial charge in [0.05, 0.1) is 5.56 Å². The van der Waals surface area contributed by atoms with Gasteiger partial charge in [0, 0.05) is 25.3 Å². The molecule has 0 bridgehead atoms. The van der Waals surface area contributed by atoms with E-state index in [2.05, 4.69) is 4.98 Å². The summed E-state index contributed by atoms with van der Waals surface area (Å²) in [5.41, 5.74) is 5.32. The van der Waals surface area contributed by atoms with Crippen LogP contribution in [0.1, 0.15) is 35.3 Å². The molecule has 4 nitrogen and oxygen atoms in total. The molecule has 1 aromatic rings. The third-order valence-corrected chi connectivity index (χ3v) is 4.74. The van der Waals surface area contributed by atoms with Crippen molar-refractivity contribution in [1.82, 2.24) is 9.88 Å². The molecule has 3 unspecified atom stereocenters. The number of nitrogens with zero attached hydrogens (tertiary/aromatic N) is 2. The normalized spacial score (nSPS) is 28.5. The number of fused-ring (bicyclic) bond motifs is 1. The van der Waals surface area contributed by atoms with Crippen molar-refractivity contribution in [2.24, 2.45) is 17.6 Å². The number of carbonyl (C=O) groups excluding carboxylic acids is 1. The number of nitrogens with two attached hydrogens (primary N) is 1. The fourth-order valence-electron chi connectivity index (χ4n) is 3.55. The summed E-state index contributed by atoms with van der Waals surface area (Å²) in [6, 6.07) is 2.16. The van der Waals surface area contributed by atoms with Crippen molar-refractivity contribution < 1.29 is 18.0 Å². The summed E-state index contributed by atoms with van der Waals surface area (Å²) in [5, 5.41) is 0. The molecule has 22 heavy (non-hydrogen) atoms. The Morgan fingerprint density at radius 2 is 2.05 bits per heavy atom. The summed E-state index contributed by atoms with van der Waals surface area (Å²) < 4.78 is 37.5. The molecular formula is C15H18F3N3O. The standard InChI is InChI=1S/C15H18F3N3O/c16-15(17,18)13-5-4-9(6-20-13)14(22)21-7-10-2-1-3-12(19)11(10)8-21/h4-6,10-12H,1-3,7-8,19H2. The van der Waals surface area contributed by atoms with Gasteiger partial charge in [0.1, 0.15) is 5.69 Å². The first-order chi connectivity index (χ1) is 10.4. The van der Waals surface area contributed by atoms with E-state index in [1.165, 1.54) is 6.07 Å². The van der Waals surface area contributed by atoms with Crippen LogP contribution in [0.25, 0.3) is 0 Å². The molecule has 0 spiro atoms. The molecule has 1 aromatic heterocycles. The number of halogens is 3. The predicted octanol–water partition coefficient (Wildman–Crippen LogP) is 2.30. The van der Waals surface area contributed by atoms with E-state index in [-0.39, 0.29) is 17.5 Å². The van der Waals surface area contributed by atoms with Crippen molar-refractivity contribution in [2.45, 2.75) is 31.5 Å². The van der Waals surface area contributed by atoms with Crippen LogP contribution in [0.4, 0.5) is 13.2 Å². The number of pyridine rings is 1. The van der Waals surface area contributed by atoms with Crippen LogP contribution in [0.3, 0.4) is 0 Å². The Labute approximate surface area is 126 Å². The molecule has 2 heterocycles. The number of aromatic nitrogens is 1. The van der Waals surface area contributed by atoms with Crippen LogP contribution < -0.4 is 5.73 Å². The molecule has 0 radical (unpaired) electrons. The Hall–Kier alpha value is -1.63. The van der Waals surface area contributed by atoms with Gasteiger partial charge in [-0.1, -0.05) is 6.42 Å². The van der Waals surface area contributed by atoms with Gasteiger partial charge < -0.3 is 10.6 Å². The molecule has 1 amide bonds. The lowest BCUT2D eigenvalue weighted by Gasteiger charge is -2.29. The van der Waals surface area contributed by atoms with Gasteiger partial charge in [0.25, 0.3) is 5.91 Å². The Kier molecular flexibility index (Phi) is 3.84. The molecule has 7 heteroatoms. The summed E-state index contributed by atoms with van der Waals surface area (Å²) in [4.78, 5) is 17.5. The second kappa shape index (κ2) is 5.53. The van der Waals surface area contributed by atoms with Crippen molar-refractivity contribution in [3.8, 4) is 0 Å². The largest absolute Gasteiger partial charge is 0.433 e. The van der Waals surface area contributed by atoms with Crippen LogP contribution >= 0.6 is 0 Å². The van der Waals surface area contributed by atoms with E-state index < -0.39 is 11.9 Å². The van der Waals surface area contributed by atoms with Crippen LogP contribution in [0.5, 0.6) is 0 Å². The van der Waals surface area contributed by atoms with Gasteiger partial charge in [-0.2, -0.15) is 13.2 Å². The zero-order valence-corrected chi connectivity index (χ0v) is 12.0. The van der Waals surface area contributed by atoms with E-state index in [9.17, 15) is 18.0 Å². The van der Waals surface area contributed by atoms with Gasteiger partial charge in [0.2, 0.25) is 0 Å². The fraction of sp³-hybridized carbons (Fsp3) is 0.600. The number of likely N-dealkylation sites (tertiary alicyclic amines) is 1. The van der Waals surface area contributed by atoms with E-state index in [4.69, 9.17) is 5.73 Å². The molecule has 1 aliphatic heterocycles. The van der Waals surface area contributed by atoms with Gasteiger partial charge in [0.15, 0.2) is 0 Å². The monoisotopic (exact) mass is 313 g/mol. The fourth-order valence-corrected chi connectivity index (χ4v) is 3.55. The molecule has 1 saturated heterocycles. The highest BCUT2D eigenvalue weighted by atomic mass is 19.4. The summed E-state index contributed by atoms with van der Waals surface area (Å²) >= 11 is 0. The molecule has 2 fully saturated rings. The van der Waals surface area contributed by atoms with E-state index >= 15 is 0 Å². The van der Waals surface area contributed by atoms with Crippen LogP contribution in [0, 0.1) is 11.8 Å². The number of hydrogen-bond donors (Lipinski definition) is 1. The average molecular weight is 313 g/mol. The lowest BCUT2D eigenvalue weighted by molar-refractivity contribution is -0.141. The van der Waals surface area contributed by atoms with Gasteiger partial charge in [-0.05, 0) is 36.8 Å². The van der Waals surface area contributed by atoms with Gasteiger partial charge in [-0.3, -0.25) is 9.78 Å². The number of carbonyl (C=O) groups is 1. The topological polar surface area (TPSA) is 59.2 Å². The minimum Gasteiger partial charge on any atom is -0.338 e. The van der Waals surface area contributed by atoms with Crippen LogP contribution in [0.15, 0.2) is 18.3 Å². The second-order valence-corrected chi connectivity index (χ2v) is 6.16. The van der Waals surface area contributed by atoms with Gasteiger partial charge >= 0.3 is 6.18 Å². The first-order valence-electron chi connectivity index (χ1n) is 7.44. The number of hydrogen-bond acceptors (Lipinski definition) is 3. The molecule has 2 N–H and O–H groups in total. The summed E-state index contributed by atoms with van der Waals surface area (Å²) in [7, 11) is 0. The second-order valence-electron chi connectivity index (χ2n) is 6.16. The van der Waals surface area contributed by atoms with Crippen LogP contribution in [-0.4, -0.2) is 34.9 Å². The van der Waals surface area contributed by atoms with Crippen molar-refractivity contribution in [3.63, 3.8) is 0 Å². The molecule has 1 saturated carbocycles. The Morgan fingerprint density at radius 3 is 2.64 bits per heavy atom. The van der Waals surface area contributed by atoms with Crippen molar-refractivity contribution >= 4 is 5.91 Å². The quantitative estimate of drug-likeness (QED) is 0.865. The van der Waals surface area contributed by atoms with E-state index in [0.717, 1.165) is 31.5 Å².